The van der Waals surface area contributed by atoms with Gasteiger partial charge in [0.1, 0.15) is 5.75 Å². The molecule has 26 heavy (non-hydrogen) atoms. The van der Waals surface area contributed by atoms with Crippen molar-refractivity contribution in [1.82, 2.24) is 5.32 Å². The van der Waals surface area contributed by atoms with Gasteiger partial charge in [0.25, 0.3) is 0 Å². The molecular weight excluding hydrogens is 330 g/mol. The molecule has 1 saturated heterocycles. The molecule has 0 saturated carbocycles. The van der Waals surface area contributed by atoms with Crippen molar-refractivity contribution in [2.75, 3.05) is 30.4 Å². The summed E-state index contributed by atoms with van der Waals surface area (Å²) in [6.45, 7) is 1.21. The van der Waals surface area contributed by atoms with E-state index in [9.17, 15) is 9.59 Å². The third-order valence-corrected chi connectivity index (χ3v) is 4.37. The minimum atomic E-state index is -0.280. The van der Waals surface area contributed by atoms with Crippen molar-refractivity contribution in [1.29, 1.82) is 0 Å². The van der Waals surface area contributed by atoms with Gasteiger partial charge >= 0.3 is 6.03 Å². The first-order valence-corrected chi connectivity index (χ1v) is 8.74. The second-order valence-electron chi connectivity index (χ2n) is 6.15. The minimum absolute atomic E-state index is 0.0964. The van der Waals surface area contributed by atoms with Crippen LogP contribution in [0.25, 0.3) is 0 Å². The van der Waals surface area contributed by atoms with Gasteiger partial charge in [0.2, 0.25) is 5.91 Å². The number of nitrogens with zero attached hydrogens (tertiary/aromatic N) is 1. The van der Waals surface area contributed by atoms with Gasteiger partial charge in [0, 0.05) is 19.5 Å². The SMILES string of the molecule is COc1ccc(CCNC(=O)Nc2ccccc2N2CCCC2=O)cc1. The fourth-order valence-electron chi connectivity index (χ4n) is 3.00. The number of rotatable bonds is 6. The number of hydrogen-bond donors (Lipinski definition) is 2. The monoisotopic (exact) mass is 353 g/mol. The molecule has 6 nitrogen and oxygen atoms in total. The lowest BCUT2D eigenvalue weighted by atomic mass is 10.1. The lowest BCUT2D eigenvalue weighted by molar-refractivity contribution is -0.117. The quantitative estimate of drug-likeness (QED) is 0.838. The smallest absolute Gasteiger partial charge is 0.319 e. The number of anilines is 2. The summed E-state index contributed by atoms with van der Waals surface area (Å²) in [6, 6.07) is 14.9. The Morgan fingerprint density at radius 3 is 2.62 bits per heavy atom. The number of nitrogens with one attached hydrogen (secondary N) is 2. The van der Waals surface area contributed by atoms with Crippen LogP contribution in [0.4, 0.5) is 16.2 Å². The van der Waals surface area contributed by atoms with Gasteiger partial charge in [-0.25, -0.2) is 4.79 Å². The van der Waals surface area contributed by atoms with Crippen molar-refractivity contribution < 1.29 is 14.3 Å². The molecule has 0 aliphatic carbocycles. The van der Waals surface area contributed by atoms with Crippen molar-refractivity contribution in [3.8, 4) is 5.75 Å². The Labute approximate surface area is 153 Å². The molecule has 0 radical (unpaired) electrons. The van der Waals surface area contributed by atoms with E-state index in [4.69, 9.17) is 4.74 Å². The van der Waals surface area contributed by atoms with Crippen molar-refractivity contribution in [2.24, 2.45) is 0 Å². The zero-order valence-corrected chi connectivity index (χ0v) is 14.8. The molecule has 1 heterocycles. The molecule has 3 rings (SSSR count). The summed E-state index contributed by atoms with van der Waals surface area (Å²) >= 11 is 0. The highest BCUT2D eigenvalue weighted by Crippen LogP contribution is 2.29. The summed E-state index contributed by atoms with van der Waals surface area (Å²) in [5.74, 6) is 0.909. The first-order chi connectivity index (χ1) is 12.7. The molecule has 2 aromatic rings. The molecule has 0 unspecified atom stereocenters. The average Bonchev–Trinajstić information content (AvgIpc) is 3.08. The second-order valence-corrected chi connectivity index (χ2v) is 6.15. The Morgan fingerprint density at radius 1 is 1.15 bits per heavy atom. The number of urea groups is 1. The zero-order chi connectivity index (χ0) is 18.4. The van der Waals surface area contributed by atoms with E-state index in [1.54, 1.807) is 12.0 Å². The van der Waals surface area contributed by atoms with E-state index in [0.717, 1.165) is 29.8 Å². The molecule has 1 aliphatic rings. The number of carbonyl (C=O) groups is 2. The van der Waals surface area contributed by atoms with Crippen LogP contribution >= 0.6 is 0 Å². The summed E-state index contributed by atoms with van der Waals surface area (Å²) in [5.41, 5.74) is 2.51. The molecule has 0 aromatic heterocycles. The Hall–Kier alpha value is -3.02. The fraction of sp³-hybridized carbons (Fsp3) is 0.300. The van der Waals surface area contributed by atoms with Crippen LogP contribution in [0.3, 0.4) is 0 Å². The zero-order valence-electron chi connectivity index (χ0n) is 14.8. The van der Waals surface area contributed by atoms with Crippen LogP contribution in [0.5, 0.6) is 5.75 Å². The van der Waals surface area contributed by atoms with Gasteiger partial charge < -0.3 is 20.3 Å². The highest BCUT2D eigenvalue weighted by Gasteiger charge is 2.24. The van der Waals surface area contributed by atoms with Crippen LogP contribution in [0.1, 0.15) is 18.4 Å². The third kappa shape index (κ3) is 4.33. The van der Waals surface area contributed by atoms with Crippen molar-refractivity contribution in [3.63, 3.8) is 0 Å². The summed E-state index contributed by atoms with van der Waals surface area (Å²) in [6.07, 6.45) is 2.13. The highest BCUT2D eigenvalue weighted by atomic mass is 16.5. The van der Waals surface area contributed by atoms with E-state index in [1.807, 2.05) is 48.5 Å². The fourth-order valence-corrected chi connectivity index (χ4v) is 3.00. The number of methoxy groups -OCH3 is 1. The Balaban J connectivity index is 1.54. The summed E-state index contributed by atoms with van der Waals surface area (Å²) in [4.78, 5) is 25.9. The normalized spacial score (nSPS) is 13.6. The lowest BCUT2D eigenvalue weighted by Crippen LogP contribution is -2.32. The van der Waals surface area contributed by atoms with E-state index >= 15 is 0 Å². The standard InChI is InChI=1S/C20H23N3O3/c1-26-16-10-8-15(9-11-16)12-13-21-20(25)22-17-5-2-3-6-18(17)23-14-4-7-19(23)24/h2-3,5-6,8-11H,4,7,12-14H2,1H3,(H2,21,22,25). The maximum absolute atomic E-state index is 12.2. The third-order valence-electron chi connectivity index (χ3n) is 4.37. The van der Waals surface area contributed by atoms with Gasteiger partial charge in [-0.1, -0.05) is 24.3 Å². The molecule has 3 amide bonds. The minimum Gasteiger partial charge on any atom is -0.497 e. The first kappa shape index (κ1) is 17.8. The van der Waals surface area contributed by atoms with Crippen LogP contribution in [0.15, 0.2) is 48.5 Å². The van der Waals surface area contributed by atoms with E-state index in [0.29, 0.717) is 25.2 Å². The van der Waals surface area contributed by atoms with E-state index in [-0.39, 0.29) is 11.9 Å². The largest absolute Gasteiger partial charge is 0.497 e. The molecule has 0 atom stereocenters. The highest BCUT2D eigenvalue weighted by molar-refractivity contribution is 6.01. The number of ether oxygens (including phenoxy) is 1. The molecule has 2 aromatic carbocycles. The predicted octanol–water partition coefficient (Wildman–Crippen LogP) is 3.19. The second kappa shape index (κ2) is 8.38. The lowest BCUT2D eigenvalue weighted by Gasteiger charge is -2.20. The number of para-hydroxylation sites is 2. The molecule has 6 heteroatoms. The van der Waals surface area contributed by atoms with Crippen molar-refractivity contribution in [2.45, 2.75) is 19.3 Å². The summed E-state index contributed by atoms with van der Waals surface area (Å²) in [5, 5.41) is 5.70. The van der Waals surface area contributed by atoms with Gasteiger partial charge in [0.15, 0.2) is 0 Å². The van der Waals surface area contributed by atoms with Crippen LogP contribution in [0, 0.1) is 0 Å². The maximum Gasteiger partial charge on any atom is 0.319 e. The molecule has 2 N–H and O–H groups in total. The topological polar surface area (TPSA) is 70.7 Å². The van der Waals surface area contributed by atoms with Crippen LogP contribution in [0.2, 0.25) is 0 Å². The van der Waals surface area contributed by atoms with E-state index in [2.05, 4.69) is 10.6 Å². The van der Waals surface area contributed by atoms with Crippen molar-refractivity contribution in [3.05, 3.63) is 54.1 Å². The number of hydrogen-bond acceptors (Lipinski definition) is 3. The summed E-state index contributed by atoms with van der Waals surface area (Å²) in [7, 11) is 1.63. The first-order valence-electron chi connectivity index (χ1n) is 8.74. The van der Waals surface area contributed by atoms with Crippen molar-refractivity contribution >= 4 is 23.3 Å². The maximum atomic E-state index is 12.2. The van der Waals surface area contributed by atoms with Gasteiger partial charge in [0.05, 0.1) is 18.5 Å². The van der Waals surface area contributed by atoms with Gasteiger partial charge in [-0.15, -0.1) is 0 Å². The van der Waals surface area contributed by atoms with Crippen LogP contribution in [-0.4, -0.2) is 32.1 Å². The summed E-state index contributed by atoms with van der Waals surface area (Å²) < 4.78 is 5.13. The van der Waals surface area contributed by atoms with Crippen LogP contribution < -0.4 is 20.3 Å². The molecular formula is C20H23N3O3. The molecule has 1 aliphatic heterocycles. The average molecular weight is 353 g/mol. The van der Waals surface area contributed by atoms with E-state index < -0.39 is 0 Å². The molecule has 1 fully saturated rings. The van der Waals surface area contributed by atoms with E-state index in [1.165, 1.54) is 0 Å². The number of carbonyl (C=O) groups excluding carboxylic acids is 2. The van der Waals surface area contributed by atoms with Gasteiger partial charge in [-0.2, -0.15) is 0 Å². The van der Waals surface area contributed by atoms with Gasteiger partial charge in [-0.3, -0.25) is 4.79 Å². The van der Waals surface area contributed by atoms with Gasteiger partial charge in [-0.05, 0) is 42.7 Å². The Bertz CT molecular complexity index is 774. The molecule has 136 valence electrons. The number of benzene rings is 2. The molecule has 0 bridgehead atoms. The van der Waals surface area contributed by atoms with Crippen LogP contribution in [-0.2, 0) is 11.2 Å². The Kier molecular flexibility index (Phi) is 5.73. The Morgan fingerprint density at radius 2 is 1.92 bits per heavy atom. The number of amides is 3. The molecule has 0 spiro atoms. The predicted molar refractivity (Wildman–Crippen MR) is 102 cm³/mol.